The van der Waals surface area contributed by atoms with Crippen molar-refractivity contribution in [1.29, 1.82) is 0 Å². The number of benzene rings is 2. The molecule has 0 radical (unpaired) electrons. The Morgan fingerprint density at radius 1 is 0.862 bits per heavy atom. The first kappa shape index (κ1) is 21.4. The van der Waals surface area contributed by atoms with Crippen LogP contribution in [0.2, 0.25) is 0 Å². The molecule has 4 nitrogen and oxygen atoms in total. The quantitative estimate of drug-likeness (QED) is 0.486. The smallest absolute Gasteiger partial charge is 0.334 e. The maximum Gasteiger partial charge on any atom is 0.334 e. The molecule has 154 valence electrons. The van der Waals surface area contributed by atoms with Crippen LogP contribution in [0.15, 0.2) is 48.5 Å². The van der Waals surface area contributed by atoms with Crippen molar-refractivity contribution < 1.29 is 19.1 Å². The molecule has 2 aromatic rings. The summed E-state index contributed by atoms with van der Waals surface area (Å²) in [6, 6.07) is 16.3. The summed E-state index contributed by atoms with van der Waals surface area (Å²) in [6.07, 6.45) is 0.661. The Morgan fingerprint density at radius 2 is 1.31 bits per heavy atom. The third kappa shape index (κ3) is 4.20. The Kier molecular flexibility index (Phi) is 6.68. The molecule has 0 saturated carbocycles. The number of esters is 2. The number of thioether (sulfide) groups is 1. The van der Waals surface area contributed by atoms with Crippen molar-refractivity contribution in [3.05, 3.63) is 70.8 Å². The number of ether oxygens (including phenoxy) is 2. The lowest BCUT2D eigenvalue weighted by molar-refractivity contribution is -0.159. The van der Waals surface area contributed by atoms with Gasteiger partial charge in [-0.05, 0) is 45.2 Å². The summed E-state index contributed by atoms with van der Waals surface area (Å²) in [5.74, 6) is -1.34. The molecule has 0 unspecified atom stereocenters. The van der Waals surface area contributed by atoms with Crippen LogP contribution >= 0.6 is 11.8 Å². The maximum absolute atomic E-state index is 13.2. The predicted molar refractivity (Wildman–Crippen MR) is 116 cm³/mol. The number of hydrogen-bond acceptors (Lipinski definition) is 5. The summed E-state index contributed by atoms with van der Waals surface area (Å²) in [6.45, 7) is 8.02. The molecule has 0 amide bonds. The van der Waals surface area contributed by atoms with Crippen molar-refractivity contribution in [3.63, 3.8) is 0 Å². The van der Waals surface area contributed by atoms with Crippen LogP contribution < -0.4 is 0 Å². The minimum Gasteiger partial charge on any atom is -0.464 e. The zero-order valence-corrected chi connectivity index (χ0v) is 18.3. The van der Waals surface area contributed by atoms with Crippen LogP contribution in [0.5, 0.6) is 0 Å². The molecular formula is C24H28O4S. The van der Waals surface area contributed by atoms with Crippen molar-refractivity contribution in [1.82, 2.24) is 0 Å². The normalized spacial score (nSPS) is 20.3. The van der Waals surface area contributed by atoms with Gasteiger partial charge in [0, 0.05) is 11.2 Å². The molecule has 0 aromatic heterocycles. The second-order valence-corrected chi connectivity index (χ2v) is 8.84. The lowest BCUT2D eigenvalue weighted by Crippen LogP contribution is -2.48. The summed E-state index contributed by atoms with van der Waals surface area (Å²) in [5, 5.41) is -0.00397. The standard InChI is InChI=1S/C24H28O4S/c1-5-27-22(25)24(23(26)28-6-2)20(18-11-7-16(3)8-12-18)15-21(29-24)19-13-9-17(4)10-14-19/h7-14,20-21H,5-6,15H2,1-4H3/t20-,21-/m1/s1. The number of carbonyl (C=O) groups excluding carboxylic acids is 2. The molecule has 0 N–H and O–H groups in total. The number of hydrogen-bond donors (Lipinski definition) is 0. The van der Waals surface area contributed by atoms with Crippen molar-refractivity contribution in [2.75, 3.05) is 13.2 Å². The van der Waals surface area contributed by atoms with E-state index in [4.69, 9.17) is 9.47 Å². The molecule has 29 heavy (non-hydrogen) atoms. The Bertz CT molecular complexity index is 839. The Hall–Kier alpha value is -2.27. The molecule has 5 heteroatoms. The zero-order chi connectivity index (χ0) is 21.0. The van der Waals surface area contributed by atoms with E-state index < -0.39 is 16.7 Å². The van der Waals surface area contributed by atoms with Gasteiger partial charge in [-0.3, -0.25) is 0 Å². The number of rotatable bonds is 6. The molecule has 1 aliphatic rings. The molecular weight excluding hydrogens is 384 g/mol. The van der Waals surface area contributed by atoms with Crippen LogP contribution in [0.3, 0.4) is 0 Å². The molecule has 1 aliphatic heterocycles. The molecule has 0 spiro atoms. The monoisotopic (exact) mass is 412 g/mol. The van der Waals surface area contributed by atoms with Crippen LogP contribution in [0, 0.1) is 13.8 Å². The maximum atomic E-state index is 13.2. The second kappa shape index (κ2) is 9.04. The summed E-state index contributed by atoms with van der Waals surface area (Å²) in [4.78, 5) is 26.4. The average molecular weight is 413 g/mol. The minimum atomic E-state index is -1.41. The van der Waals surface area contributed by atoms with Crippen LogP contribution in [-0.2, 0) is 19.1 Å². The van der Waals surface area contributed by atoms with E-state index in [-0.39, 0.29) is 24.4 Å². The molecule has 1 fully saturated rings. The summed E-state index contributed by atoms with van der Waals surface area (Å²) in [7, 11) is 0. The Balaban J connectivity index is 2.10. The van der Waals surface area contributed by atoms with Crippen molar-refractivity contribution in [2.45, 2.75) is 50.0 Å². The molecule has 2 atom stereocenters. The van der Waals surface area contributed by atoms with Gasteiger partial charge in [0.05, 0.1) is 13.2 Å². The van der Waals surface area contributed by atoms with E-state index >= 15 is 0 Å². The van der Waals surface area contributed by atoms with Crippen molar-refractivity contribution >= 4 is 23.7 Å². The summed E-state index contributed by atoms with van der Waals surface area (Å²) >= 11 is 1.37. The van der Waals surface area contributed by atoms with Crippen LogP contribution in [0.25, 0.3) is 0 Å². The van der Waals surface area contributed by atoms with Gasteiger partial charge in [-0.25, -0.2) is 9.59 Å². The molecule has 2 aromatic carbocycles. The third-order valence-corrected chi connectivity index (χ3v) is 7.09. The second-order valence-electron chi connectivity index (χ2n) is 7.39. The fourth-order valence-electron chi connectivity index (χ4n) is 3.83. The van der Waals surface area contributed by atoms with Crippen LogP contribution in [0.1, 0.15) is 53.7 Å². The largest absolute Gasteiger partial charge is 0.464 e. The van der Waals surface area contributed by atoms with E-state index in [9.17, 15) is 9.59 Å². The fourth-order valence-corrected chi connectivity index (χ4v) is 5.57. The van der Waals surface area contributed by atoms with Crippen molar-refractivity contribution in [2.24, 2.45) is 0 Å². The highest BCUT2D eigenvalue weighted by Crippen LogP contribution is 2.60. The van der Waals surface area contributed by atoms with E-state index in [1.54, 1.807) is 13.8 Å². The van der Waals surface area contributed by atoms with Crippen molar-refractivity contribution in [3.8, 4) is 0 Å². The summed E-state index contributed by atoms with van der Waals surface area (Å²) < 4.78 is 9.42. The third-order valence-electron chi connectivity index (χ3n) is 5.35. The van der Waals surface area contributed by atoms with E-state index in [2.05, 4.69) is 24.3 Å². The topological polar surface area (TPSA) is 52.6 Å². The molecule has 1 saturated heterocycles. The Morgan fingerprint density at radius 3 is 1.76 bits per heavy atom. The van der Waals surface area contributed by atoms with Gasteiger partial charge < -0.3 is 9.47 Å². The van der Waals surface area contributed by atoms with E-state index in [1.165, 1.54) is 17.3 Å². The van der Waals surface area contributed by atoms with Crippen LogP contribution in [0.4, 0.5) is 0 Å². The molecule has 3 rings (SSSR count). The molecule has 0 aliphatic carbocycles. The van der Waals surface area contributed by atoms with Gasteiger partial charge in [-0.2, -0.15) is 0 Å². The highest BCUT2D eigenvalue weighted by atomic mass is 32.2. The number of aryl methyl sites for hydroxylation is 2. The fraction of sp³-hybridized carbons (Fsp3) is 0.417. The first-order chi connectivity index (χ1) is 13.9. The summed E-state index contributed by atoms with van der Waals surface area (Å²) in [5.41, 5.74) is 4.37. The average Bonchev–Trinajstić information content (AvgIpc) is 3.11. The van der Waals surface area contributed by atoms with Gasteiger partial charge in [0.15, 0.2) is 0 Å². The minimum absolute atomic E-state index is 0.00397. The van der Waals surface area contributed by atoms with Gasteiger partial charge >= 0.3 is 11.9 Å². The molecule has 0 bridgehead atoms. The first-order valence-corrected chi connectivity index (χ1v) is 11.0. The van der Waals surface area contributed by atoms with Gasteiger partial charge in [-0.1, -0.05) is 59.7 Å². The van der Waals surface area contributed by atoms with E-state index in [1.807, 2.05) is 38.1 Å². The number of carbonyl (C=O) groups is 2. The Labute approximate surface area is 177 Å². The first-order valence-electron chi connectivity index (χ1n) is 10.1. The molecule has 1 heterocycles. The van der Waals surface area contributed by atoms with E-state index in [0.29, 0.717) is 6.42 Å². The van der Waals surface area contributed by atoms with Crippen LogP contribution in [-0.4, -0.2) is 29.9 Å². The highest BCUT2D eigenvalue weighted by molar-refractivity contribution is 8.02. The van der Waals surface area contributed by atoms with Gasteiger partial charge in [-0.15, -0.1) is 11.8 Å². The SMILES string of the molecule is CCOC(=O)C1(C(=O)OCC)S[C@@H](c2ccc(C)cc2)C[C@@H]1c1ccc(C)cc1. The van der Waals surface area contributed by atoms with Gasteiger partial charge in [0.2, 0.25) is 4.75 Å². The van der Waals surface area contributed by atoms with Gasteiger partial charge in [0.1, 0.15) is 0 Å². The lowest BCUT2D eigenvalue weighted by Gasteiger charge is -2.30. The van der Waals surface area contributed by atoms with Gasteiger partial charge in [0.25, 0.3) is 0 Å². The van der Waals surface area contributed by atoms with E-state index in [0.717, 1.165) is 16.7 Å². The lowest BCUT2D eigenvalue weighted by atomic mass is 9.81. The predicted octanol–water partition coefficient (Wildman–Crippen LogP) is 5.13. The highest BCUT2D eigenvalue weighted by Gasteiger charge is 2.62. The zero-order valence-electron chi connectivity index (χ0n) is 17.4.